The Kier molecular flexibility index (Phi) is 15.6. The topological polar surface area (TPSA) is 292 Å². The molecular weight excluding hydrogens is 933 g/mol. The van der Waals surface area contributed by atoms with E-state index in [-0.39, 0.29) is 67.0 Å². The molecule has 4 aromatic carbocycles. The van der Waals surface area contributed by atoms with E-state index in [0.29, 0.717) is 22.1 Å². The Morgan fingerprint density at radius 1 is 0.508 bits per heavy atom. The molecule has 0 aliphatic heterocycles. The Morgan fingerprint density at radius 3 is 1.35 bits per heavy atom. The lowest BCUT2D eigenvalue weighted by Crippen LogP contribution is -2.08. The molecule has 2 aromatic heterocycles. The number of hydrogen-bond donors (Lipinski definition) is 4. The highest BCUT2D eigenvalue weighted by molar-refractivity contribution is 7.94. The van der Waals surface area contributed by atoms with E-state index < -0.39 is 30.4 Å². The number of anilines is 8. The molecule has 0 fully saturated rings. The fraction of sp³-hybridized carbons (Fsp3) is 0.158. The molecule has 0 atom stereocenters. The highest BCUT2D eigenvalue weighted by atomic mass is 32.2. The SMILES string of the molecule is COOOSc1ccc(Nc2nc(Nc3ccc(/C=C/c4ccc(Nc5nc(C)nc(Nc6ccc(S(=O)(=O)OC)cc6)n5)cc4S(=O)(=O)OC)c(S(=O)(=O)OC)c3)nc(OC)n2)cc1. The summed E-state index contributed by atoms with van der Waals surface area (Å²) >= 11 is 0.928. The number of methoxy groups -OCH3 is 1. The van der Waals surface area contributed by atoms with E-state index in [4.69, 9.17) is 17.4 Å². The van der Waals surface area contributed by atoms with Crippen LogP contribution in [0, 0.1) is 6.92 Å². The van der Waals surface area contributed by atoms with Gasteiger partial charge in [-0.3, -0.25) is 12.5 Å². The van der Waals surface area contributed by atoms with E-state index >= 15 is 0 Å². The van der Waals surface area contributed by atoms with Gasteiger partial charge in [0.25, 0.3) is 30.4 Å². The maximum Gasteiger partial charge on any atom is 0.322 e. The summed E-state index contributed by atoms with van der Waals surface area (Å²) in [6, 6.07) is 21.2. The van der Waals surface area contributed by atoms with E-state index in [0.717, 1.165) is 33.4 Å². The Morgan fingerprint density at radius 2 is 0.923 bits per heavy atom. The lowest BCUT2D eigenvalue weighted by molar-refractivity contribution is -0.447. The highest BCUT2D eigenvalue weighted by Gasteiger charge is 2.22. The summed E-state index contributed by atoms with van der Waals surface area (Å²) < 4.78 is 101. The van der Waals surface area contributed by atoms with Crippen molar-refractivity contribution >= 4 is 101 Å². The number of benzene rings is 4. The van der Waals surface area contributed by atoms with E-state index in [2.05, 4.69) is 65.3 Å². The predicted octanol–water partition coefficient (Wildman–Crippen LogP) is 6.04. The van der Waals surface area contributed by atoms with Gasteiger partial charge in [0.1, 0.15) is 15.6 Å². The predicted molar refractivity (Wildman–Crippen MR) is 236 cm³/mol. The summed E-state index contributed by atoms with van der Waals surface area (Å²) in [5, 5.41) is 16.3. The van der Waals surface area contributed by atoms with E-state index in [9.17, 15) is 25.3 Å². The molecule has 0 aliphatic carbocycles. The quantitative estimate of drug-likeness (QED) is 0.0160. The average Bonchev–Trinajstić information content (AvgIpc) is 3.29. The first kappa shape index (κ1) is 48.1. The smallest absolute Gasteiger partial charge is 0.322 e. The third kappa shape index (κ3) is 12.7. The normalized spacial score (nSPS) is 12.0. The fourth-order valence-electron chi connectivity index (χ4n) is 5.44. The maximum atomic E-state index is 13.2. The molecule has 6 aromatic rings. The molecule has 4 N–H and O–H groups in total. The van der Waals surface area contributed by atoms with Gasteiger partial charge in [-0.25, -0.2) is 4.89 Å². The van der Waals surface area contributed by atoms with Crippen LogP contribution in [0.3, 0.4) is 0 Å². The van der Waals surface area contributed by atoms with Crippen LogP contribution >= 0.6 is 12.0 Å². The summed E-state index contributed by atoms with van der Waals surface area (Å²) in [5.74, 6) is 0.531. The molecule has 0 spiro atoms. The first-order valence-electron chi connectivity index (χ1n) is 18.3. The molecule has 0 unspecified atom stereocenters. The number of rotatable bonds is 21. The molecule has 0 saturated carbocycles. The van der Waals surface area contributed by atoms with Crippen molar-refractivity contribution in [3.63, 3.8) is 0 Å². The number of aryl methyl sites for hydroxylation is 1. The minimum absolute atomic E-state index is 0.00355. The Balaban J connectivity index is 1.24. The highest BCUT2D eigenvalue weighted by Crippen LogP contribution is 2.30. The van der Waals surface area contributed by atoms with Gasteiger partial charge in [0.05, 0.1) is 52.5 Å². The van der Waals surface area contributed by atoms with Crippen molar-refractivity contribution in [2.45, 2.75) is 26.5 Å². The Labute approximate surface area is 377 Å². The molecule has 0 amide bonds. The summed E-state index contributed by atoms with van der Waals surface area (Å²) in [6.07, 6.45) is 2.79. The standard InChI is InChI=1S/C38H38N10O13S4/c1-23-39-34(41-27-15-19-31(20-16-27)63(49,50)57-4)45-35(40-23)43-28-11-9-24(32(21-28)64(51,52)58-5)7-8-25-10-12-29(22-33(25)65(53,54)59-6)44-37-46-36(47-38(48-37)55-2)42-26-13-17-30(18-14-26)62-61-60-56-3/h7-22H,1-6H3,(H2,39,40,41,43,45)(H2,42,44,46,47,48)/b8-7+. The molecule has 6 rings (SSSR count). The van der Waals surface area contributed by atoms with Crippen LogP contribution in [0.4, 0.5) is 46.5 Å². The molecule has 23 nitrogen and oxygen atoms in total. The van der Waals surface area contributed by atoms with Crippen molar-refractivity contribution in [3.8, 4) is 6.01 Å². The van der Waals surface area contributed by atoms with Crippen LogP contribution in [-0.4, -0.2) is 90.7 Å². The Hall–Kier alpha value is -6.40. The number of nitrogens with zero attached hydrogens (tertiary/aromatic N) is 6. The van der Waals surface area contributed by atoms with Crippen molar-refractivity contribution < 1.29 is 56.8 Å². The summed E-state index contributed by atoms with van der Waals surface area (Å²) in [6.45, 7) is 1.61. The zero-order valence-corrected chi connectivity index (χ0v) is 38.1. The van der Waals surface area contributed by atoms with Crippen LogP contribution in [0.1, 0.15) is 17.0 Å². The van der Waals surface area contributed by atoms with Crippen LogP contribution in [0.15, 0.2) is 105 Å². The zero-order chi connectivity index (χ0) is 46.8. The van der Waals surface area contributed by atoms with E-state index in [1.54, 1.807) is 43.3 Å². The van der Waals surface area contributed by atoms with E-state index in [1.807, 2.05) is 0 Å². The zero-order valence-electron chi connectivity index (χ0n) is 34.9. The second-order valence-electron chi connectivity index (χ2n) is 12.6. The number of nitrogens with one attached hydrogen (secondary N) is 4. The fourth-order valence-corrected chi connectivity index (χ4v) is 8.26. The minimum Gasteiger partial charge on any atom is -0.467 e. The molecule has 65 heavy (non-hydrogen) atoms. The molecule has 0 radical (unpaired) electrons. The average molecular weight is 971 g/mol. The number of ether oxygens (including phenoxy) is 1. The van der Waals surface area contributed by atoms with Crippen molar-refractivity contribution in [3.05, 3.63) is 102 Å². The van der Waals surface area contributed by atoms with Crippen LogP contribution in [0.2, 0.25) is 0 Å². The van der Waals surface area contributed by atoms with Gasteiger partial charge in [0, 0.05) is 27.6 Å². The third-order valence-corrected chi connectivity index (χ3v) is 13.0. The van der Waals surface area contributed by atoms with Gasteiger partial charge in [-0.15, -0.1) is 4.33 Å². The van der Waals surface area contributed by atoms with Gasteiger partial charge in [-0.05, 0) is 90.8 Å². The van der Waals surface area contributed by atoms with Crippen LogP contribution < -0.4 is 26.0 Å². The molecule has 2 heterocycles. The lowest BCUT2D eigenvalue weighted by atomic mass is 10.1. The van der Waals surface area contributed by atoms with Crippen molar-refractivity contribution in [2.75, 3.05) is 56.8 Å². The summed E-state index contributed by atoms with van der Waals surface area (Å²) in [5.41, 5.74) is 1.80. The van der Waals surface area contributed by atoms with Gasteiger partial charge >= 0.3 is 6.01 Å². The second-order valence-corrected chi connectivity index (χ2v) is 18.5. The van der Waals surface area contributed by atoms with Crippen LogP contribution in [0.25, 0.3) is 12.2 Å². The third-order valence-electron chi connectivity index (χ3n) is 8.46. The monoisotopic (exact) mass is 970 g/mol. The van der Waals surface area contributed by atoms with Gasteiger partial charge in [0.15, 0.2) is 0 Å². The molecule has 0 aliphatic rings. The van der Waals surface area contributed by atoms with Crippen molar-refractivity contribution in [1.29, 1.82) is 0 Å². The Bertz CT molecular complexity index is 3020. The van der Waals surface area contributed by atoms with Gasteiger partial charge in [-0.2, -0.15) is 55.2 Å². The summed E-state index contributed by atoms with van der Waals surface area (Å²) in [4.78, 5) is 30.2. The number of aromatic nitrogens is 6. The number of hydrogen-bond acceptors (Lipinski definition) is 24. The van der Waals surface area contributed by atoms with Crippen LogP contribution in [0.5, 0.6) is 6.01 Å². The first-order chi connectivity index (χ1) is 31.0. The van der Waals surface area contributed by atoms with Gasteiger partial charge in [0.2, 0.25) is 23.8 Å². The molecular formula is C38H38N10O13S4. The van der Waals surface area contributed by atoms with Crippen molar-refractivity contribution in [1.82, 2.24) is 29.9 Å². The van der Waals surface area contributed by atoms with E-state index in [1.165, 1.54) is 74.9 Å². The largest absolute Gasteiger partial charge is 0.467 e. The molecule has 0 saturated heterocycles. The van der Waals surface area contributed by atoms with Gasteiger partial charge < -0.3 is 26.0 Å². The van der Waals surface area contributed by atoms with Gasteiger partial charge in [-0.1, -0.05) is 29.3 Å². The second kappa shape index (κ2) is 21.1. The summed E-state index contributed by atoms with van der Waals surface area (Å²) in [7, 11) is -6.87. The lowest BCUT2D eigenvalue weighted by Gasteiger charge is -2.13. The maximum absolute atomic E-state index is 13.2. The first-order valence-corrected chi connectivity index (χ1v) is 23.2. The minimum atomic E-state index is -4.35. The van der Waals surface area contributed by atoms with Crippen molar-refractivity contribution in [2.24, 2.45) is 0 Å². The molecule has 342 valence electrons. The molecule has 27 heteroatoms. The van der Waals surface area contributed by atoms with Crippen LogP contribution in [-0.2, 0) is 57.2 Å². The molecule has 0 bridgehead atoms.